The van der Waals surface area contributed by atoms with Crippen LogP contribution in [0.25, 0.3) is 6.08 Å². The minimum Gasteiger partial charge on any atom is -0.447 e. The number of carbonyl (C=O) groups is 1. The van der Waals surface area contributed by atoms with Crippen LogP contribution >= 0.6 is 11.8 Å². The lowest BCUT2D eigenvalue weighted by molar-refractivity contribution is -0.146. The van der Waals surface area contributed by atoms with Gasteiger partial charge in [0.2, 0.25) is 0 Å². The molecule has 3 aromatic carbocycles. The van der Waals surface area contributed by atoms with E-state index in [0.29, 0.717) is 11.6 Å². The summed E-state index contributed by atoms with van der Waals surface area (Å²) < 4.78 is 63.4. The zero-order chi connectivity index (χ0) is 35.7. The fourth-order valence-electron chi connectivity index (χ4n) is 5.32. The lowest BCUT2D eigenvalue weighted by Crippen LogP contribution is -2.47. The van der Waals surface area contributed by atoms with Gasteiger partial charge in [-0.25, -0.2) is 27.6 Å². The van der Waals surface area contributed by atoms with Gasteiger partial charge in [0.25, 0.3) is 0 Å². The first-order valence-electron chi connectivity index (χ1n) is 15.2. The molecular formula is C36H30F3N5O5S. The van der Waals surface area contributed by atoms with E-state index in [2.05, 4.69) is 10.1 Å². The molecule has 1 fully saturated rings. The number of aromatic nitrogens is 3. The Hall–Kier alpha value is -5.25. The van der Waals surface area contributed by atoms with Crippen molar-refractivity contribution >= 4 is 23.8 Å². The zero-order valence-electron chi connectivity index (χ0n) is 26.6. The van der Waals surface area contributed by atoms with Gasteiger partial charge in [-0.15, -0.1) is 11.8 Å². The molecule has 50 heavy (non-hydrogen) atoms. The van der Waals surface area contributed by atoms with Gasteiger partial charge in [-0.3, -0.25) is 0 Å². The van der Waals surface area contributed by atoms with Gasteiger partial charge in [0.15, 0.2) is 11.9 Å². The van der Waals surface area contributed by atoms with E-state index < -0.39 is 47.2 Å². The third kappa shape index (κ3) is 8.48. The molecule has 5 rings (SSSR count). The van der Waals surface area contributed by atoms with Crippen LogP contribution < -0.4 is 0 Å². The molecule has 2 atom stereocenters. The maximum atomic E-state index is 15.7. The summed E-state index contributed by atoms with van der Waals surface area (Å²) in [6.07, 6.45) is 8.35. The predicted molar refractivity (Wildman–Crippen MR) is 176 cm³/mol. The molecular weight excluding hydrogens is 671 g/mol. The number of rotatable bonds is 12. The van der Waals surface area contributed by atoms with Crippen LogP contribution in [0, 0.1) is 40.1 Å². The molecule has 10 nitrogen and oxygen atoms in total. The second-order valence-electron chi connectivity index (χ2n) is 11.2. The van der Waals surface area contributed by atoms with Crippen LogP contribution in [0.2, 0.25) is 0 Å². The number of nitriles is 2. The predicted octanol–water partition coefficient (Wildman–Crippen LogP) is 5.82. The van der Waals surface area contributed by atoms with E-state index in [1.807, 2.05) is 12.1 Å². The highest BCUT2D eigenvalue weighted by atomic mass is 32.2. The minimum atomic E-state index is -1.83. The number of carbonyl (C=O) groups excluding carboxylic acids is 1. The Morgan fingerprint density at radius 1 is 1.08 bits per heavy atom. The number of halogens is 3. The van der Waals surface area contributed by atoms with Crippen molar-refractivity contribution in [2.45, 2.75) is 42.5 Å². The molecule has 2 heterocycles. The van der Waals surface area contributed by atoms with Crippen LogP contribution in [0.1, 0.15) is 45.1 Å². The van der Waals surface area contributed by atoms with E-state index in [9.17, 15) is 23.9 Å². The number of benzene rings is 3. The summed E-state index contributed by atoms with van der Waals surface area (Å²) in [6, 6.07) is 15.1. The first-order valence-corrected chi connectivity index (χ1v) is 16.2. The number of allylic oxidation sites excluding steroid dienone is 2. The second-order valence-corrected chi connectivity index (χ2v) is 12.8. The van der Waals surface area contributed by atoms with Crippen molar-refractivity contribution in [1.82, 2.24) is 14.8 Å². The van der Waals surface area contributed by atoms with E-state index in [4.69, 9.17) is 19.5 Å². The number of aliphatic hydroxyl groups excluding tert-OH is 1. The van der Waals surface area contributed by atoms with Gasteiger partial charge >= 0.3 is 5.97 Å². The third-order valence-corrected chi connectivity index (χ3v) is 9.33. The molecule has 1 aliphatic heterocycles. The Morgan fingerprint density at radius 2 is 1.82 bits per heavy atom. The highest BCUT2D eigenvalue weighted by molar-refractivity contribution is 8.00. The number of thioether (sulfide) groups is 1. The highest BCUT2D eigenvalue weighted by Gasteiger charge is 2.47. The Morgan fingerprint density at radius 3 is 2.48 bits per heavy atom. The monoisotopic (exact) mass is 701 g/mol. The number of aliphatic hydroxyl groups is 1. The lowest BCUT2D eigenvalue weighted by Gasteiger charge is -2.40. The molecule has 0 unspecified atom stereocenters. The summed E-state index contributed by atoms with van der Waals surface area (Å²) in [4.78, 5) is 17.9. The summed E-state index contributed by atoms with van der Waals surface area (Å²) in [7, 11) is 0. The van der Waals surface area contributed by atoms with Gasteiger partial charge < -0.3 is 19.3 Å². The molecule has 1 saturated heterocycles. The summed E-state index contributed by atoms with van der Waals surface area (Å²) in [6.45, 7) is 1.34. The fraction of sp³-hybridized carbons (Fsp3) is 0.250. The van der Waals surface area contributed by atoms with Crippen molar-refractivity contribution in [2.24, 2.45) is 0 Å². The van der Waals surface area contributed by atoms with Gasteiger partial charge in [0.05, 0.1) is 60.4 Å². The summed E-state index contributed by atoms with van der Waals surface area (Å²) in [5.74, 6) is -3.27. The molecule has 14 heteroatoms. The van der Waals surface area contributed by atoms with Crippen molar-refractivity contribution in [2.75, 3.05) is 13.2 Å². The molecule has 4 aromatic rings. The molecule has 0 amide bonds. The van der Waals surface area contributed by atoms with Gasteiger partial charge in [0, 0.05) is 22.4 Å². The van der Waals surface area contributed by atoms with Gasteiger partial charge in [-0.1, -0.05) is 30.4 Å². The molecule has 1 aromatic heterocycles. The first-order chi connectivity index (χ1) is 24.1. The topological polar surface area (TPSA) is 143 Å². The van der Waals surface area contributed by atoms with Crippen molar-refractivity contribution in [3.63, 3.8) is 0 Å². The normalized spacial score (nSPS) is 18.0. The van der Waals surface area contributed by atoms with Crippen molar-refractivity contribution < 1.29 is 37.3 Å². The Bertz CT molecular complexity index is 1970. The van der Waals surface area contributed by atoms with E-state index in [0.717, 1.165) is 12.1 Å². The summed E-state index contributed by atoms with van der Waals surface area (Å²) >= 11 is 1.29. The number of ether oxygens (including phenoxy) is 3. The lowest BCUT2D eigenvalue weighted by atomic mass is 9.89. The third-order valence-electron chi connectivity index (χ3n) is 7.89. The number of esters is 1. The Kier molecular flexibility index (Phi) is 11.8. The SMILES string of the molecule is C[C@@H](SC1COC(/C=C/C=C/c2ccc(C#N)cc2F)OC1)[C@@](Cn1cncn1)(OC(=O)c1cc(C#N)ccc1CO)c1ccc(F)cc1F. The van der Waals surface area contributed by atoms with Crippen molar-refractivity contribution in [1.29, 1.82) is 10.5 Å². The molecule has 0 radical (unpaired) electrons. The maximum absolute atomic E-state index is 15.7. The molecule has 256 valence electrons. The van der Waals surface area contributed by atoms with E-state index in [1.54, 1.807) is 31.2 Å². The minimum absolute atomic E-state index is 0.0934. The van der Waals surface area contributed by atoms with Gasteiger partial charge in [0.1, 0.15) is 30.1 Å². The standard InChI is InChI=1S/C36H30F3N5O5S/c1-23(50-29-18-47-34(48-19-29)5-3-2-4-26-8-6-25(16-41)13-32(26)38)36(20-44-22-42-21-43-44,31-11-10-28(37)14-33(31)39)49-35(46)30-12-24(15-40)7-9-27(30)17-45/h2-14,21-23,29,34,45H,17-20H2,1H3/b4-2+,5-3+/t23-,29?,34?,36-/m1/s1. The van der Waals surface area contributed by atoms with E-state index >= 15 is 4.39 Å². The van der Waals surface area contributed by atoms with Crippen LogP contribution in [0.3, 0.4) is 0 Å². The zero-order valence-corrected chi connectivity index (χ0v) is 27.4. The van der Waals surface area contributed by atoms with Crippen LogP contribution in [0.15, 0.2) is 85.5 Å². The highest BCUT2D eigenvalue weighted by Crippen LogP contribution is 2.42. The van der Waals surface area contributed by atoms with Gasteiger partial charge in [-0.2, -0.15) is 15.6 Å². The Balaban J connectivity index is 1.38. The fourth-order valence-corrected chi connectivity index (χ4v) is 6.68. The van der Waals surface area contributed by atoms with Crippen molar-refractivity contribution in [3.05, 3.63) is 136 Å². The average molecular weight is 702 g/mol. The quantitative estimate of drug-likeness (QED) is 0.142. The smallest absolute Gasteiger partial charge is 0.339 e. The van der Waals surface area contributed by atoms with E-state index in [1.165, 1.54) is 65.5 Å². The van der Waals surface area contributed by atoms with Gasteiger partial charge in [-0.05, 0) is 55.0 Å². The van der Waals surface area contributed by atoms with Crippen LogP contribution in [0.4, 0.5) is 13.2 Å². The summed E-state index contributed by atoms with van der Waals surface area (Å²) in [5.41, 5.74) is -1.19. The average Bonchev–Trinajstić information content (AvgIpc) is 3.63. The molecule has 0 aliphatic carbocycles. The Labute approximate surface area is 290 Å². The summed E-state index contributed by atoms with van der Waals surface area (Å²) in [5, 5.41) is 31.4. The molecule has 1 aliphatic rings. The van der Waals surface area contributed by atoms with E-state index in [-0.39, 0.29) is 52.8 Å². The number of nitrogens with zero attached hydrogens (tertiary/aromatic N) is 5. The number of hydrogen-bond acceptors (Lipinski definition) is 10. The number of hydrogen-bond donors (Lipinski definition) is 1. The van der Waals surface area contributed by atoms with Crippen LogP contribution in [-0.4, -0.2) is 55.8 Å². The largest absolute Gasteiger partial charge is 0.447 e. The second kappa shape index (κ2) is 16.4. The van der Waals surface area contributed by atoms with Crippen molar-refractivity contribution in [3.8, 4) is 12.1 Å². The maximum Gasteiger partial charge on any atom is 0.339 e. The molecule has 0 spiro atoms. The molecule has 0 bridgehead atoms. The first kappa shape index (κ1) is 36.0. The van der Waals surface area contributed by atoms with Crippen LogP contribution in [-0.2, 0) is 33.0 Å². The molecule has 0 saturated carbocycles. The molecule has 1 N–H and O–H groups in total. The van der Waals surface area contributed by atoms with Crippen LogP contribution in [0.5, 0.6) is 0 Å².